The third kappa shape index (κ3) is 4.10. The van der Waals surface area contributed by atoms with Crippen molar-refractivity contribution in [1.29, 1.82) is 0 Å². The van der Waals surface area contributed by atoms with Crippen molar-refractivity contribution < 1.29 is 9.59 Å². The highest BCUT2D eigenvalue weighted by Crippen LogP contribution is 2.19. The van der Waals surface area contributed by atoms with Crippen molar-refractivity contribution in [1.82, 2.24) is 10.2 Å². The molecule has 5 nitrogen and oxygen atoms in total. The average Bonchev–Trinajstić information content (AvgIpc) is 3.10. The number of amides is 2. The molecule has 1 aromatic carbocycles. The highest BCUT2D eigenvalue weighted by molar-refractivity contribution is 7.08. The lowest BCUT2D eigenvalue weighted by Gasteiger charge is -2.28. The molecule has 122 valence electrons. The number of rotatable bonds is 3. The van der Waals surface area contributed by atoms with Crippen molar-refractivity contribution >= 4 is 41.2 Å². The first-order valence-electron chi connectivity index (χ1n) is 7.18. The Labute approximate surface area is 145 Å². The van der Waals surface area contributed by atoms with Gasteiger partial charge in [-0.25, -0.2) is 0 Å². The molecule has 1 aliphatic heterocycles. The Balaban J connectivity index is 0.00000192. The van der Waals surface area contributed by atoms with E-state index in [2.05, 4.69) is 10.6 Å². The van der Waals surface area contributed by atoms with Gasteiger partial charge in [0, 0.05) is 31.6 Å². The van der Waals surface area contributed by atoms with Crippen molar-refractivity contribution in [3.8, 4) is 0 Å². The van der Waals surface area contributed by atoms with Crippen LogP contribution in [-0.2, 0) is 0 Å². The Bertz CT molecular complexity index is 670. The second-order valence-electron chi connectivity index (χ2n) is 5.05. The van der Waals surface area contributed by atoms with Crippen LogP contribution in [0.15, 0.2) is 41.1 Å². The summed E-state index contributed by atoms with van der Waals surface area (Å²) in [6.45, 7) is 2.97. The van der Waals surface area contributed by atoms with Gasteiger partial charge in [-0.2, -0.15) is 11.3 Å². The zero-order valence-electron chi connectivity index (χ0n) is 12.5. The molecule has 0 radical (unpaired) electrons. The Kier molecular flexibility index (Phi) is 6.15. The number of anilines is 1. The SMILES string of the molecule is Cl.O=C(Nc1ccccc1C(=O)N1CCNCC1)c1ccsc1. The zero-order chi connectivity index (χ0) is 15.4. The highest BCUT2D eigenvalue weighted by atomic mass is 35.5. The van der Waals surface area contributed by atoms with Crippen LogP contribution < -0.4 is 10.6 Å². The first-order chi connectivity index (χ1) is 10.8. The molecule has 2 amide bonds. The predicted molar refractivity (Wildman–Crippen MR) is 94.7 cm³/mol. The maximum atomic E-state index is 12.6. The smallest absolute Gasteiger partial charge is 0.256 e. The summed E-state index contributed by atoms with van der Waals surface area (Å²) in [5, 5.41) is 9.70. The van der Waals surface area contributed by atoms with Gasteiger partial charge in [0.15, 0.2) is 0 Å². The fraction of sp³-hybridized carbons (Fsp3) is 0.250. The predicted octanol–water partition coefficient (Wildman–Crippen LogP) is 2.47. The Hall–Kier alpha value is -1.89. The second-order valence-corrected chi connectivity index (χ2v) is 5.83. The van der Waals surface area contributed by atoms with E-state index in [1.54, 1.807) is 23.6 Å². The number of halogens is 1. The van der Waals surface area contributed by atoms with Gasteiger partial charge in [-0.3, -0.25) is 9.59 Å². The molecular weight excluding hydrogens is 334 g/mol. The lowest BCUT2D eigenvalue weighted by molar-refractivity contribution is 0.0737. The van der Waals surface area contributed by atoms with Crippen LogP contribution in [0.2, 0.25) is 0 Å². The molecule has 0 atom stereocenters. The molecule has 1 aromatic heterocycles. The molecule has 23 heavy (non-hydrogen) atoms. The summed E-state index contributed by atoms with van der Waals surface area (Å²) in [5.41, 5.74) is 1.70. The first-order valence-corrected chi connectivity index (χ1v) is 8.12. The van der Waals surface area contributed by atoms with Crippen molar-refractivity contribution in [2.75, 3.05) is 31.5 Å². The van der Waals surface area contributed by atoms with E-state index in [1.807, 2.05) is 22.4 Å². The maximum absolute atomic E-state index is 12.6. The summed E-state index contributed by atoms with van der Waals surface area (Å²) < 4.78 is 0. The summed E-state index contributed by atoms with van der Waals surface area (Å²) >= 11 is 1.47. The van der Waals surface area contributed by atoms with E-state index in [0.29, 0.717) is 29.9 Å². The maximum Gasteiger partial charge on any atom is 0.256 e. The molecule has 0 aliphatic carbocycles. The van der Waals surface area contributed by atoms with Gasteiger partial charge in [0.25, 0.3) is 11.8 Å². The first kappa shape index (κ1) is 17.5. The number of piperazine rings is 1. The molecule has 0 saturated carbocycles. The van der Waals surface area contributed by atoms with Crippen LogP contribution in [0.5, 0.6) is 0 Å². The van der Waals surface area contributed by atoms with E-state index in [-0.39, 0.29) is 24.2 Å². The molecule has 0 spiro atoms. The van der Waals surface area contributed by atoms with Crippen molar-refractivity contribution in [2.24, 2.45) is 0 Å². The second kappa shape index (κ2) is 8.10. The topological polar surface area (TPSA) is 61.4 Å². The normalized spacial score (nSPS) is 14.0. The van der Waals surface area contributed by atoms with Gasteiger partial charge in [0.05, 0.1) is 16.8 Å². The number of hydrogen-bond donors (Lipinski definition) is 2. The van der Waals surface area contributed by atoms with E-state index >= 15 is 0 Å². The molecule has 1 fully saturated rings. The van der Waals surface area contributed by atoms with Crippen LogP contribution in [0.3, 0.4) is 0 Å². The minimum Gasteiger partial charge on any atom is -0.336 e. The molecule has 1 saturated heterocycles. The van der Waals surface area contributed by atoms with E-state index in [4.69, 9.17) is 0 Å². The number of para-hydroxylation sites is 1. The lowest BCUT2D eigenvalue weighted by atomic mass is 10.1. The number of carbonyl (C=O) groups excluding carboxylic acids is 2. The van der Waals surface area contributed by atoms with E-state index in [1.165, 1.54) is 11.3 Å². The monoisotopic (exact) mass is 351 g/mol. The Morgan fingerprint density at radius 3 is 2.57 bits per heavy atom. The van der Waals surface area contributed by atoms with Gasteiger partial charge in [-0.05, 0) is 23.6 Å². The van der Waals surface area contributed by atoms with Crippen LogP contribution in [0, 0.1) is 0 Å². The molecule has 0 unspecified atom stereocenters. The summed E-state index contributed by atoms with van der Waals surface area (Å²) in [4.78, 5) is 26.6. The molecule has 2 heterocycles. The average molecular weight is 352 g/mol. The Morgan fingerprint density at radius 2 is 1.87 bits per heavy atom. The van der Waals surface area contributed by atoms with Gasteiger partial charge in [0.1, 0.15) is 0 Å². The van der Waals surface area contributed by atoms with Crippen LogP contribution in [0.1, 0.15) is 20.7 Å². The molecule has 0 bridgehead atoms. The van der Waals surface area contributed by atoms with Crippen molar-refractivity contribution in [2.45, 2.75) is 0 Å². The largest absolute Gasteiger partial charge is 0.336 e. The van der Waals surface area contributed by atoms with Gasteiger partial charge < -0.3 is 15.5 Å². The fourth-order valence-corrected chi connectivity index (χ4v) is 3.04. The minimum absolute atomic E-state index is 0. The van der Waals surface area contributed by atoms with E-state index < -0.39 is 0 Å². The van der Waals surface area contributed by atoms with Crippen LogP contribution in [0.25, 0.3) is 0 Å². The van der Waals surface area contributed by atoms with E-state index in [0.717, 1.165) is 13.1 Å². The highest BCUT2D eigenvalue weighted by Gasteiger charge is 2.21. The molecule has 1 aliphatic rings. The molecule has 2 aromatic rings. The van der Waals surface area contributed by atoms with E-state index in [9.17, 15) is 9.59 Å². The third-order valence-corrected chi connectivity index (χ3v) is 4.28. The minimum atomic E-state index is -0.193. The number of carbonyl (C=O) groups is 2. The molecular formula is C16H18ClN3O2S. The van der Waals surface area contributed by atoms with Crippen molar-refractivity contribution in [3.05, 3.63) is 52.2 Å². The van der Waals surface area contributed by atoms with Crippen molar-refractivity contribution in [3.63, 3.8) is 0 Å². The summed E-state index contributed by atoms with van der Waals surface area (Å²) in [6, 6.07) is 8.92. The Morgan fingerprint density at radius 1 is 1.13 bits per heavy atom. The number of hydrogen-bond acceptors (Lipinski definition) is 4. The number of benzene rings is 1. The summed E-state index contributed by atoms with van der Waals surface area (Å²) in [5.74, 6) is -0.232. The van der Waals surface area contributed by atoms with Crippen LogP contribution in [-0.4, -0.2) is 42.9 Å². The molecule has 7 heteroatoms. The summed E-state index contributed by atoms with van der Waals surface area (Å²) in [6.07, 6.45) is 0. The molecule has 3 rings (SSSR count). The number of nitrogens with zero attached hydrogens (tertiary/aromatic N) is 1. The third-order valence-electron chi connectivity index (χ3n) is 3.59. The lowest BCUT2D eigenvalue weighted by Crippen LogP contribution is -2.46. The van der Waals surface area contributed by atoms with Crippen LogP contribution >= 0.6 is 23.7 Å². The zero-order valence-corrected chi connectivity index (χ0v) is 14.1. The van der Waals surface area contributed by atoms with Gasteiger partial charge in [-0.15, -0.1) is 12.4 Å². The standard InChI is InChI=1S/C16H17N3O2S.ClH/c20-15(12-5-10-22-11-12)18-14-4-2-1-3-13(14)16(21)19-8-6-17-7-9-19;/h1-5,10-11,17H,6-9H2,(H,18,20);1H. The van der Waals surface area contributed by atoms with Gasteiger partial charge in [0.2, 0.25) is 0 Å². The molecule has 2 N–H and O–H groups in total. The number of nitrogens with one attached hydrogen (secondary N) is 2. The van der Waals surface area contributed by atoms with Gasteiger partial charge >= 0.3 is 0 Å². The fourth-order valence-electron chi connectivity index (χ4n) is 2.41. The summed E-state index contributed by atoms with van der Waals surface area (Å²) in [7, 11) is 0. The van der Waals surface area contributed by atoms with Crippen LogP contribution in [0.4, 0.5) is 5.69 Å². The quantitative estimate of drug-likeness (QED) is 0.893. The van der Waals surface area contributed by atoms with Gasteiger partial charge in [-0.1, -0.05) is 12.1 Å². The number of thiophene rings is 1.